The van der Waals surface area contributed by atoms with E-state index in [0.717, 1.165) is 24.3 Å². The van der Waals surface area contributed by atoms with E-state index in [4.69, 9.17) is 15.2 Å². The number of amides is 1. The highest BCUT2D eigenvalue weighted by atomic mass is 127. The number of benzene rings is 2. The van der Waals surface area contributed by atoms with Gasteiger partial charge in [0.2, 0.25) is 0 Å². The van der Waals surface area contributed by atoms with Crippen molar-refractivity contribution in [3.63, 3.8) is 0 Å². The summed E-state index contributed by atoms with van der Waals surface area (Å²) < 4.78 is 47.9. The van der Waals surface area contributed by atoms with Crippen LogP contribution in [0.5, 0.6) is 11.5 Å². The zero-order valence-electron chi connectivity index (χ0n) is 16.2. The molecule has 0 atom stereocenters. The van der Waals surface area contributed by atoms with Crippen molar-refractivity contribution in [2.75, 3.05) is 32.6 Å². The Bertz CT molecular complexity index is 874. The van der Waals surface area contributed by atoms with Crippen LogP contribution in [0.25, 0.3) is 0 Å². The summed E-state index contributed by atoms with van der Waals surface area (Å²) in [5, 5.41) is 5.44. The smallest absolute Gasteiger partial charge is 0.416 e. The first-order valence-corrected chi connectivity index (χ1v) is 8.49. The zero-order chi connectivity index (χ0) is 21.4. The van der Waals surface area contributed by atoms with Gasteiger partial charge in [0.05, 0.1) is 26.3 Å². The topological polar surface area (TPSA) is 98.0 Å². The predicted molar refractivity (Wildman–Crippen MR) is 119 cm³/mol. The highest BCUT2D eigenvalue weighted by molar-refractivity contribution is 14.0. The molecule has 2 aromatic rings. The first-order chi connectivity index (χ1) is 13.7. The Morgan fingerprint density at radius 2 is 1.70 bits per heavy atom. The molecule has 0 heterocycles. The third kappa shape index (κ3) is 7.28. The maximum atomic E-state index is 12.5. The first kappa shape index (κ1) is 25.3. The summed E-state index contributed by atoms with van der Waals surface area (Å²) in [5.74, 6) is 0.718. The molecule has 164 valence electrons. The molecule has 0 fully saturated rings. The van der Waals surface area contributed by atoms with E-state index in [2.05, 4.69) is 15.6 Å². The standard InChI is InChI=1S/C19H21F3N4O3.HI/c1-28-15-8-7-14(11-16(15)29-2)26-18(23)25-10-9-24-17(27)12-3-5-13(6-4-12)19(20,21)22;/h3-8,11H,9-10H2,1-2H3,(H,24,27)(H3,23,25,26);1H. The molecule has 0 bridgehead atoms. The third-order valence-electron chi connectivity index (χ3n) is 3.81. The van der Waals surface area contributed by atoms with Gasteiger partial charge in [-0.15, -0.1) is 24.0 Å². The molecule has 0 radical (unpaired) electrons. The summed E-state index contributed by atoms with van der Waals surface area (Å²) in [6.07, 6.45) is -4.44. The fraction of sp³-hybridized carbons (Fsp3) is 0.263. The lowest BCUT2D eigenvalue weighted by atomic mass is 10.1. The molecular formula is C19H22F3IN4O3. The fourth-order valence-corrected chi connectivity index (χ4v) is 2.36. The molecule has 0 unspecified atom stereocenters. The molecule has 2 aromatic carbocycles. The Morgan fingerprint density at radius 3 is 2.27 bits per heavy atom. The summed E-state index contributed by atoms with van der Waals surface area (Å²) in [6, 6.07) is 9.08. The summed E-state index contributed by atoms with van der Waals surface area (Å²) in [6.45, 7) is 0.340. The zero-order valence-corrected chi connectivity index (χ0v) is 18.6. The van der Waals surface area contributed by atoms with Crippen LogP contribution in [0, 0.1) is 0 Å². The molecule has 0 saturated heterocycles. The van der Waals surface area contributed by atoms with Crippen LogP contribution in [0.15, 0.2) is 47.5 Å². The lowest BCUT2D eigenvalue weighted by Crippen LogP contribution is -2.28. The van der Waals surface area contributed by atoms with Crippen molar-refractivity contribution >= 4 is 41.5 Å². The van der Waals surface area contributed by atoms with E-state index in [1.165, 1.54) is 14.2 Å². The Hall–Kier alpha value is -2.70. The third-order valence-corrected chi connectivity index (χ3v) is 3.81. The lowest BCUT2D eigenvalue weighted by molar-refractivity contribution is -0.137. The summed E-state index contributed by atoms with van der Waals surface area (Å²) in [7, 11) is 3.04. The molecule has 2 rings (SSSR count). The highest BCUT2D eigenvalue weighted by Gasteiger charge is 2.30. The number of halogens is 4. The van der Waals surface area contributed by atoms with Gasteiger partial charge in [0.1, 0.15) is 0 Å². The van der Waals surface area contributed by atoms with E-state index in [9.17, 15) is 18.0 Å². The summed E-state index contributed by atoms with van der Waals surface area (Å²) in [5.41, 5.74) is 5.75. The Balaban J connectivity index is 0.00000450. The normalized spacial score (nSPS) is 11.3. The van der Waals surface area contributed by atoms with Gasteiger partial charge in [-0.25, -0.2) is 0 Å². The van der Waals surface area contributed by atoms with Gasteiger partial charge in [-0.2, -0.15) is 13.2 Å². The van der Waals surface area contributed by atoms with E-state index in [0.29, 0.717) is 17.2 Å². The quantitative estimate of drug-likeness (QED) is 0.217. The monoisotopic (exact) mass is 538 g/mol. The summed E-state index contributed by atoms with van der Waals surface area (Å²) in [4.78, 5) is 16.0. The van der Waals surface area contributed by atoms with Gasteiger partial charge < -0.3 is 25.8 Å². The summed E-state index contributed by atoms with van der Waals surface area (Å²) >= 11 is 0. The van der Waals surface area contributed by atoms with Crippen molar-refractivity contribution in [3.05, 3.63) is 53.6 Å². The van der Waals surface area contributed by atoms with Crippen molar-refractivity contribution in [3.8, 4) is 11.5 Å². The second-order valence-corrected chi connectivity index (χ2v) is 5.79. The number of nitrogens with one attached hydrogen (secondary N) is 2. The second kappa shape index (κ2) is 11.5. The van der Waals surface area contributed by atoms with Crippen LogP contribution in [-0.4, -0.2) is 39.2 Å². The minimum Gasteiger partial charge on any atom is -0.493 e. The van der Waals surface area contributed by atoms with Crippen LogP contribution in [-0.2, 0) is 6.18 Å². The van der Waals surface area contributed by atoms with Crippen molar-refractivity contribution < 1.29 is 27.4 Å². The largest absolute Gasteiger partial charge is 0.493 e. The molecule has 4 N–H and O–H groups in total. The molecule has 11 heteroatoms. The van der Waals surface area contributed by atoms with Crippen LogP contribution in [0.4, 0.5) is 18.9 Å². The number of alkyl halides is 3. The minimum atomic E-state index is -4.44. The van der Waals surface area contributed by atoms with Gasteiger partial charge in [-0.3, -0.25) is 9.79 Å². The molecule has 0 aliphatic heterocycles. The van der Waals surface area contributed by atoms with Gasteiger partial charge in [-0.1, -0.05) is 0 Å². The van der Waals surface area contributed by atoms with Crippen LogP contribution in [0.1, 0.15) is 15.9 Å². The van der Waals surface area contributed by atoms with E-state index in [1.807, 2.05) is 0 Å². The highest BCUT2D eigenvalue weighted by Crippen LogP contribution is 2.30. The van der Waals surface area contributed by atoms with Crippen molar-refractivity contribution in [1.29, 1.82) is 0 Å². The number of nitrogens with zero attached hydrogens (tertiary/aromatic N) is 1. The van der Waals surface area contributed by atoms with Gasteiger partial charge in [0, 0.05) is 23.9 Å². The molecule has 0 aliphatic rings. The Kier molecular flexibility index (Phi) is 9.69. The lowest BCUT2D eigenvalue weighted by Gasteiger charge is -2.11. The van der Waals surface area contributed by atoms with Crippen LogP contribution < -0.4 is 25.8 Å². The minimum absolute atomic E-state index is 0. The maximum absolute atomic E-state index is 12.5. The van der Waals surface area contributed by atoms with Crippen LogP contribution in [0.2, 0.25) is 0 Å². The predicted octanol–water partition coefficient (Wildman–Crippen LogP) is 3.50. The number of aliphatic imine (C=N–C) groups is 1. The van der Waals surface area contributed by atoms with Crippen molar-refractivity contribution in [2.45, 2.75) is 6.18 Å². The van der Waals surface area contributed by atoms with Gasteiger partial charge in [0.25, 0.3) is 5.91 Å². The van der Waals surface area contributed by atoms with E-state index in [-0.39, 0.29) is 48.6 Å². The molecule has 0 aromatic heterocycles. The molecule has 1 amide bonds. The average molecular weight is 538 g/mol. The maximum Gasteiger partial charge on any atom is 0.416 e. The number of nitrogens with two attached hydrogens (primary N) is 1. The van der Waals surface area contributed by atoms with Gasteiger partial charge >= 0.3 is 6.18 Å². The SMILES string of the molecule is COc1ccc(NC(N)=NCCNC(=O)c2ccc(C(F)(F)F)cc2)cc1OC.I. The number of methoxy groups -OCH3 is 2. The molecule has 0 aliphatic carbocycles. The number of hydrogen-bond donors (Lipinski definition) is 3. The number of carbonyl (C=O) groups excluding carboxylic acids is 1. The van der Waals surface area contributed by atoms with Gasteiger partial charge in [-0.05, 0) is 36.4 Å². The molecule has 30 heavy (non-hydrogen) atoms. The number of carbonyl (C=O) groups is 1. The number of anilines is 1. The van der Waals surface area contributed by atoms with Crippen molar-refractivity contribution in [2.24, 2.45) is 10.7 Å². The molecule has 0 saturated carbocycles. The molecular weight excluding hydrogens is 516 g/mol. The number of hydrogen-bond acceptors (Lipinski definition) is 4. The van der Waals surface area contributed by atoms with Crippen LogP contribution >= 0.6 is 24.0 Å². The number of rotatable bonds is 7. The first-order valence-electron chi connectivity index (χ1n) is 8.49. The van der Waals surface area contributed by atoms with Crippen LogP contribution in [0.3, 0.4) is 0 Å². The van der Waals surface area contributed by atoms with E-state index < -0.39 is 17.6 Å². The van der Waals surface area contributed by atoms with E-state index in [1.54, 1.807) is 18.2 Å². The number of ether oxygens (including phenoxy) is 2. The average Bonchev–Trinajstić information content (AvgIpc) is 2.70. The number of guanidine groups is 1. The molecule has 7 nitrogen and oxygen atoms in total. The Labute approximate surface area is 188 Å². The van der Waals surface area contributed by atoms with Gasteiger partial charge in [0.15, 0.2) is 17.5 Å². The molecule has 0 spiro atoms. The Morgan fingerprint density at radius 1 is 1.07 bits per heavy atom. The fourth-order valence-electron chi connectivity index (χ4n) is 2.36. The second-order valence-electron chi connectivity index (χ2n) is 5.79. The van der Waals surface area contributed by atoms with Crippen molar-refractivity contribution in [1.82, 2.24) is 5.32 Å². The van der Waals surface area contributed by atoms with E-state index >= 15 is 0 Å².